The minimum absolute atomic E-state index is 0.233. The average molecular weight is 372 g/mol. The molecule has 0 spiro atoms. The van der Waals surface area contributed by atoms with Crippen molar-refractivity contribution in [1.29, 1.82) is 0 Å². The molecule has 2 saturated heterocycles. The summed E-state index contributed by atoms with van der Waals surface area (Å²) in [7, 11) is 0. The van der Waals surface area contributed by atoms with Crippen LogP contribution in [0, 0.1) is 5.82 Å². The molecular formula is C21H29FN4O. The summed E-state index contributed by atoms with van der Waals surface area (Å²) in [6.45, 7) is 7.09. The third-order valence-corrected chi connectivity index (χ3v) is 5.73. The van der Waals surface area contributed by atoms with Crippen molar-refractivity contribution in [3.8, 4) is 5.69 Å². The Morgan fingerprint density at radius 1 is 1.15 bits per heavy atom. The second-order valence-corrected chi connectivity index (χ2v) is 7.64. The van der Waals surface area contributed by atoms with Crippen LogP contribution < -0.4 is 0 Å². The van der Waals surface area contributed by atoms with E-state index in [1.165, 1.54) is 43.4 Å². The molecule has 0 bridgehead atoms. The van der Waals surface area contributed by atoms with Gasteiger partial charge in [-0.05, 0) is 50.6 Å². The van der Waals surface area contributed by atoms with Gasteiger partial charge >= 0.3 is 0 Å². The molecule has 0 unspecified atom stereocenters. The van der Waals surface area contributed by atoms with Gasteiger partial charge in [-0.15, -0.1) is 0 Å². The minimum Gasteiger partial charge on any atom is -0.379 e. The largest absolute Gasteiger partial charge is 0.379 e. The number of hydrogen-bond donors (Lipinski definition) is 0. The minimum atomic E-state index is -0.233. The molecule has 1 atom stereocenters. The van der Waals surface area contributed by atoms with Gasteiger partial charge in [0, 0.05) is 37.4 Å². The molecule has 1 aromatic heterocycles. The standard InChI is InChI=1S/C21H29FN4O/c22-19-4-3-6-21(14-19)26-17-18(15-23-26)16-25-8-2-1-5-20(25)7-9-24-10-12-27-13-11-24/h3-4,6,14-15,17,20H,1-2,5,7-13,16H2/t20-/m0/s1. The van der Waals surface area contributed by atoms with E-state index in [2.05, 4.69) is 14.9 Å². The molecule has 0 radical (unpaired) electrons. The number of ether oxygens (including phenoxy) is 1. The van der Waals surface area contributed by atoms with Crippen molar-refractivity contribution < 1.29 is 9.13 Å². The van der Waals surface area contributed by atoms with E-state index in [4.69, 9.17) is 4.74 Å². The molecule has 0 aliphatic carbocycles. The van der Waals surface area contributed by atoms with Crippen LogP contribution in [0.1, 0.15) is 31.2 Å². The van der Waals surface area contributed by atoms with Crippen LogP contribution in [0.4, 0.5) is 4.39 Å². The van der Waals surface area contributed by atoms with Crippen molar-refractivity contribution in [2.24, 2.45) is 0 Å². The number of morpholine rings is 1. The lowest BCUT2D eigenvalue weighted by Crippen LogP contribution is -2.43. The zero-order valence-corrected chi connectivity index (χ0v) is 15.9. The van der Waals surface area contributed by atoms with Crippen LogP contribution in [-0.2, 0) is 11.3 Å². The third kappa shape index (κ3) is 4.94. The quantitative estimate of drug-likeness (QED) is 0.780. The maximum absolute atomic E-state index is 13.5. The van der Waals surface area contributed by atoms with Crippen molar-refractivity contribution in [3.05, 3.63) is 48.0 Å². The summed E-state index contributed by atoms with van der Waals surface area (Å²) in [5.41, 5.74) is 1.96. The van der Waals surface area contributed by atoms with Gasteiger partial charge in [-0.25, -0.2) is 9.07 Å². The van der Waals surface area contributed by atoms with Gasteiger partial charge in [0.2, 0.25) is 0 Å². The Bertz CT molecular complexity index is 728. The Labute approximate surface area is 160 Å². The Morgan fingerprint density at radius 2 is 2.04 bits per heavy atom. The fourth-order valence-electron chi connectivity index (χ4n) is 4.19. The first-order chi connectivity index (χ1) is 13.3. The van der Waals surface area contributed by atoms with Crippen molar-refractivity contribution in [1.82, 2.24) is 19.6 Å². The zero-order valence-electron chi connectivity index (χ0n) is 15.9. The maximum atomic E-state index is 13.5. The fraction of sp³-hybridized carbons (Fsp3) is 0.571. The van der Waals surface area contributed by atoms with E-state index in [-0.39, 0.29) is 5.82 Å². The summed E-state index contributed by atoms with van der Waals surface area (Å²) >= 11 is 0. The predicted molar refractivity (Wildman–Crippen MR) is 103 cm³/mol. The first kappa shape index (κ1) is 18.6. The van der Waals surface area contributed by atoms with Gasteiger partial charge in [0.25, 0.3) is 0 Å². The normalized spacial score (nSPS) is 22.2. The van der Waals surface area contributed by atoms with Crippen molar-refractivity contribution >= 4 is 0 Å². The molecule has 3 heterocycles. The average Bonchev–Trinajstić information content (AvgIpc) is 3.17. The fourth-order valence-corrected chi connectivity index (χ4v) is 4.19. The van der Waals surface area contributed by atoms with Gasteiger partial charge in [0.1, 0.15) is 5.82 Å². The number of aromatic nitrogens is 2. The van der Waals surface area contributed by atoms with Crippen LogP contribution in [0.2, 0.25) is 0 Å². The van der Waals surface area contributed by atoms with Gasteiger partial charge in [-0.3, -0.25) is 9.80 Å². The highest BCUT2D eigenvalue weighted by atomic mass is 19.1. The van der Waals surface area contributed by atoms with E-state index in [1.54, 1.807) is 10.7 Å². The molecule has 2 aliphatic rings. The topological polar surface area (TPSA) is 33.5 Å². The zero-order chi connectivity index (χ0) is 18.5. The van der Waals surface area contributed by atoms with Crippen LogP contribution in [0.25, 0.3) is 5.69 Å². The Morgan fingerprint density at radius 3 is 2.89 bits per heavy atom. The molecule has 0 amide bonds. The number of halogens is 1. The summed E-state index contributed by atoms with van der Waals surface area (Å²) < 4.78 is 20.7. The molecule has 2 fully saturated rings. The van der Waals surface area contributed by atoms with Crippen LogP contribution in [0.3, 0.4) is 0 Å². The number of piperidine rings is 1. The van der Waals surface area contributed by atoms with Gasteiger partial charge in [0.05, 0.1) is 25.1 Å². The molecule has 27 heavy (non-hydrogen) atoms. The van der Waals surface area contributed by atoms with Crippen LogP contribution in [0.15, 0.2) is 36.7 Å². The second-order valence-electron chi connectivity index (χ2n) is 7.64. The lowest BCUT2D eigenvalue weighted by atomic mass is 9.98. The Hall–Kier alpha value is -1.76. The van der Waals surface area contributed by atoms with E-state index < -0.39 is 0 Å². The SMILES string of the molecule is Fc1cccc(-n2cc(CN3CCCC[C@H]3CCN3CCOCC3)cn2)c1. The number of nitrogens with zero attached hydrogens (tertiary/aromatic N) is 4. The summed E-state index contributed by atoms with van der Waals surface area (Å²) in [5, 5.41) is 4.44. The predicted octanol–water partition coefficient (Wildman–Crippen LogP) is 3.09. The smallest absolute Gasteiger partial charge is 0.125 e. The molecule has 4 rings (SSSR count). The van der Waals surface area contributed by atoms with Crippen molar-refractivity contribution in [3.63, 3.8) is 0 Å². The monoisotopic (exact) mass is 372 g/mol. The summed E-state index contributed by atoms with van der Waals surface area (Å²) in [4.78, 5) is 5.13. The summed E-state index contributed by atoms with van der Waals surface area (Å²) in [6.07, 6.45) is 9.04. The number of benzene rings is 1. The molecule has 2 aromatic rings. The number of rotatable bonds is 6. The molecular weight excluding hydrogens is 343 g/mol. The lowest BCUT2D eigenvalue weighted by Gasteiger charge is -2.37. The summed E-state index contributed by atoms with van der Waals surface area (Å²) in [6, 6.07) is 7.22. The van der Waals surface area contributed by atoms with Gasteiger partial charge in [-0.2, -0.15) is 5.10 Å². The van der Waals surface area contributed by atoms with E-state index in [0.29, 0.717) is 6.04 Å². The first-order valence-electron chi connectivity index (χ1n) is 10.1. The third-order valence-electron chi connectivity index (χ3n) is 5.73. The highest BCUT2D eigenvalue weighted by Gasteiger charge is 2.24. The summed E-state index contributed by atoms with van der Waals surface area (Å²) in [5.74, 6) is -0.233. The highest BCUT2D eigenvalue weighted by molar-refractivity contribution is 5.31. The van der Waals surface area contributed by atoms with E-state index in [9.17, 15) is 4.39 Å². The van der Waals surface area contributed by atoms with Crippen molar-refractivity contribution in [2.75, 3.05) is 39.4 Å². The molecule has 6 heteroatoms. The van der Waals surface area contributed by atoms with Crippen molar-refractivity contribution in [2.45, 2.75) is 38.3 Å². The van der Waals surface area contributed by atoms with Gasteiger partial charge < -0.3 is 4.74 Å². The van der Waals surface area contributed by atoms with E-state index in [1.807, 2.05) is 18.5 Å². The first-order valence-corrected chi connectivity index (χ1v) is 10.1. The second kappa shape index (κ2) is 8.95. The van der Waals surface area contributed by atoms with Crippen LogP contribution >= 0.6 is 0 Å². The molecule has 1 aromatic carbocycles. The maximum Gasteiger partial charge on any atom is 0.125 e. The lowest BCUT2D eigenvalue weighted by molar-refractivity contribution is 0.0302. The molecule has 5 nitrogen and oxygen atoms in total. The van der Waals surface area contributed by atoms with Gasteiger partial charge in [0.15, 0.2) is 0 Å². The van der Waals surface area contributed by atoms with Crippen LogP contribution in [0.5, 0.6) is 0 Å². The molecule has 0 saturated carbocycles. The Balaban J connectivity index is 1.36. The number of likely N-dealkylation sites (tertiary alicyclic amines) is 1. The van der Waals surface area contributed by atoms with Gasteiger partial charge in [-0.1, -0.05) is 12.5 Å². The molecule has 2 aliphatic heterocycles. The van der Waals surface area contributed by atoms with E-state index >= 15 is 0 Å². The highest BCUT2D eigenvalue weighted by Crippen LogP contribution is 2.23. The number of hydrogen-bond acceptors (Lipinski definition) is 4. The Kier molecular flexibility index (Phi) is 6.17. The van der Waals surface area contributed by atoms with Crippen LogP contribution in [-0.4, -0.2) is 65.0 Å². The van der Waals surface area contributed by atoms with E-state index in [0.717, 1.165) is 51.6 Å². The molecule has 0 N–H and O–H groups in total. The molecule has 146 valence electrons.